The second-order valence-corrected chi connectivity index (χ2v) is 12.9. The van der Waals surface area contributed by atoms with Crippen molar-refractivity contribution in [1.82, 2.24) is 10.3 Å². The van der Waals surface area contributed by atoms with Crippen molar-refractivity contribution in [2.75, 3.05) is 0 Å². The Balaban J connectivity index is 1.04. The quantitative estimate of drug-likeness (QED) is 0.303. The number of carbonyl (C=O) groups excluding carboxylic acids is 2. The number of hydrogen-bond donors (Lipinski definition) is 1. The standard InChI is InChI=1S/C35H42N2O3/c1-34-18-16-27(40-33(39)15-14-32(38)37-22-24-7-4-3-5-8-24)21-26(34)10-11-28-30-13-12-29(25-9-6-20-36-23-25)35(30,2)19-17-31(28)34/h3-10,12,20,23,27-28,30-31H,11,13-19,21-22H2,1-2H3,(H,37,38)/t27-,28-,30-,31-,34-,35+/m0/s1. The lowest BCUT2D eigenvalue weighted by atomic mass is 9.47. The third kappa shape index (κ3) is 5.04. The summed E-state index contributed by atoms with van der Waals surface area (Å²) in [6.07, 6.45) is 16.7. The molecule has 1 amide bonds. The summed E-state index contributed by atoms with van der Waals surface area (Å²) >= 11 is 0. The van der Waals surface area contributed by atoms with Crippen LogP contribution in [0, 0.1) is 28.6 Å². The van der Waals surface area contributed by atoms with E-state index in [4.69, 9.17) is 4.74 Å². The number of nitrogens with one attached hydrogen (secondary N) is 1. The summed E-state index contributed by atoms with van der Waals surface area (Å²) in [5.74, 6) is 1.70. The van der Waals surface area contributed by atoms with Crippen LogP contribution in [0.5, 0.6) is 0 Å². The predicted octanol–water partition coefficient (Wildman–Crippen LogP) is 7.05. The molecule has 4 aliphatic rings. The minimum absolute atomic E-state index is 0.0741. The Morgan fingerprint density at radius 1 is 0.950 bits per heavy atom. The number of pyridine rings is 1. The van der Waals surface area contributed by atoms with Gasteiger partial charge in [0.1, 0.15) is 6.10 Å². The number of benzene rings is 1. The maximum Gasteiger partial charge on any atom is 0.306 e. The SMILES string of the molecule is C[C@]12CC[C@H](OC(=O)CCC(=O)NCc3ccccc3)CC1=CC[C@@H]1[C@@H]2CC[C@]2(C)C(c3cccnc3)=CC[C@@H]12. The van der Waals surface area contributed by atoms with E-state index in [0.717, 1.165) is 31.2 Å². The minimum atomic E-state index is -0.258. The molecule has 1 aromatic carbocycles. The number of fused-ring (bicyclic) bond motifs is 5. The van der Waals surface area contributed by atoms with Crippen molar-refractivity contribution < 1.29 is 14.3 Å². The molecule has 6 atom stereocenters. The summed E-state index contributed by atoms with van der Waals surface area (Å²) < 4.78 is 5.91. The number of hydrogen-bond acceptors (Lipinski definition) is 4. The maximum atomic E-state index is 12.6. The van der Waals surface area contributed by atoms with Crippen LogP contribution in [0.15, 0.2) is 72.6 Å². The van der Waals surface area contributed by atoms with Gasteiger partial charge < -0.3 is 10.1 Å². The van der Waals surface area contributed by atoms with Crippen molar-refractivity contribution in [1.29, 1.82) is 0 Å². The first-order chi connectivity index (χ1) is 19.4. The lowest BCUT2D eigenvalue weighted by molar-refractivity contribution is -0.152. The zero-order valence-electron chi connectivity index (χ0n) is 23.9. The van der Waals surface area contributed by atoms with Gasteiger partial charge in [0.15, 0.2) is 0 Å². The molecular formula is C35H42N2O3. The maximum absolute atomic E-state index is 12.6. The average molecular weight is 539 g/mol. The highest BCUT2D eigenvalue weighted by Gasteiger charge is 2.57. The molecule has 1 aromatic heterocycles. The second kappa shape index (κ2) is 11.0. The van der Waals surface area contributed by atoms with Crippen LogP contribution in [-0.4, -0.2) is 23.0 Å². The lowest BCUT2D eigenvalue weighted by Crippen LogP contribution is -2.50. The molecule has 2 fully saturated rings. The molecule has 0 aliphatic heterocycles. The van der Waals surface area contributed by atoms with E-state index in [1.54, 1.807) is 0 Å². The first-order valence-electron chi connectivity index (χ1n) is 15.2. The Morgan fingerprint density at radius 2 is 1.77 bits per heavy atom. The molecule has 2 saturated carbocycles. The van der Waals surface area contributed by atoms with E-state index in [-0.39, 0.29) is 41.7 Å². The average Bonchev–Trinajstić information content (AvgIpc) is 3.33. The van der Waals surface area contributed by atoms with Crippen LogP contribution in [0.1, 0.15) is 82.8 Å². The molecular weight excluding hydrogens is 496 g/mol. The summed E-state index contributed by atoms with van der Waals surface area (Å²) in [6.45, 7) is 5.46. The van der Waals surface area contributed by atoms with Gasteiger partial charge in [-0.05, 0) is 89.9 Å². The van der Waals surface area contributed by atoms with E-state index in [1.165, 1.54) is 36.0 Å². The van der Waals surface area contributed by atoms with E-state index in [9.17, 15) is 9.59 Å². The van der Waals surface area contributed by atoms with Crippen LogP contribution < -0.4 is 5.32 Å². The normalized spacial score (nSPS) is 32.5. The number of allylic oxidation sites excluding steroid dienone is 3. The Bertz CT molecular complexity index is 1300. The number of carbonyl (C=O) groups is 2. The molecule has 0 saturated heterocycles. The van der Waals surface area contributed by atoms with Crippen LogP contribution in [0.2, 0.25) is 0 Å². The summed E-state index contributed by atoms with van der Waals surface area (Å²) in [5.41, 5.74) is 5.77. The fourth-order valence-corrected chi connectivity index (χ4v) is 8.61. The molecule has 0 unspecified atom stereocenters. The van der Waals surface area contributed by atoms with E-state index in [0.29, 0.717) is 24.3 Å². The van der Waals surface area contributed by atoms with E-state index in [2.05, 4.69) is 48.4 Å². The third-order valence-corrected chi connectivity index (χ3v) is 10.8. The van der Waals surface area contributed by atoms with Crippen LogP contribution in [0.4, 0.5) is 0 Å². The molecule has 6 rings (SSSR count). The molecule has 5 nitrogen and oxygen atoms in total. The van der Waals surface area contributed by atoms with Crippen LogP contribution in [0.25, 0.3) is 5.57 Å². The highest BCUT2D eigenvalue weighted by molar-refractivity contribution is 5.81. The molecule has 210 valence electrons. The smallest absolute Gasteiger partial charge is 0.306 e. The van der Waals surface area contributed by atoms with Gasteiger partial charge in [-0.3, -0.25) is 14.6 Å². The van der Waals surface area contributed by atoms with Gasteiger partial charge >= 0.3 is 5.97 Å². The van der Waals surface area contributed by atoms with Crippen LogP contribution in [-0.2, 0) is 20.9 Å². The minimum Gasteiger partial charge on any atom is -0.462 e. The fraction of sp³-hybridized carbons (Fsp3) is 0.514. The summed E-state index contributed by atoms with van der Waals surface area (Å²) in [4.78, 5) is 29.3. The first-order valence-corrected chi connectivity index (χ1v) is 15.2. The number of ether oxygens (including phenoxy) is 1. The molecule has 4 aliphatic carbocycles. The van der Waals surface area contributed by atoms with Gasteiger partial charge in [-0.2, -0.15) is 0 Å². The van der Waals surface area contributed by atoms with Crippen molar-refractivity contribution in [3.8, 4) is 0 Å². The molecule has 0 bridgehead atoms. The predicted molar refractivity (Wildman–Crippen MR) is 157 cm³/mol. The summed E-state index contributed by atoms with van der Waals surface area (Å²) in [5, 5.41) is 2.89. The van der Waals surface area contributed by atoms with Crippen molar-refractivity contribution in [2.24, 2.45) is 28.6 Å². The fourth-order valence-electron chi connectivity index (χ4n) is 8.61. The van der Waals surface area contributed by atoms with Crippen molar-refractivity contribution >= 4 is 17.4 Å². The van der Waals surface area contributed by atoms with Gasteiger partial charge in [-0.25, -0.2) is 0 Å². The molecule has 1 heterocycles. The topological polar surface area (TPSA) is 68.3 Å². The summed E-state index contributed by atoms with van der Waals surface area (Å²) in [7, 11) is 0. The molecule has 5 heteroatoms. The van der Waals surface area contributed by atoms with Crippen LogP contribution in [0.3, 0.4) is 0 Å². The summed E-state index contributed by atoms with van der Waals surface area (Å²) in [6, 6.07) is 14.1. The molecule has 1 N–H and O–H groups in total. The van der Waals surface area contributed by atoms with Gasteiger partial charge in [-0.15, -0.1) is 0 Å². The Labute approximate surface area is 238 Å². The van der Waals surface area contributed by atoms with Gasteiger partial charge in [0.2, 0.25) is 5.91 Å². The third-order valence-electron chi connectivity index (χ3n) is 10.8. The first kappa shape index (κ1) is 27.0. The van der Waals surface area contributed by atoms with E-state index >= 15 is 0 Å². The van der Waals surface area contributed by atoms with E-state index < -0.39 is 0 Å². The lowest BCUT2D eigenvalue weighted by Gasteiger charge is -2.57. The second-order valence-electron chi connectivity index (χ2n) is 12.9. The van der Waals surface area contributed by atoms with Gasteiger partial charge in [-0.1, -0.05) is 68.0 Å². The van der Waals surface area contributed by atoms with Crippen LogP contribution >= 0.6 is 0 Å². The highest BCUT2D eigenvalue weighted by Crippen LogP contribution is 2.66. The number of amides is 1. The van der Waals surface area contributed by atoms with Gasteiger partial charge in [0, 0.05) is 31.8 Å². The zero-order valence-corrected chi connectivity index (χ0v) is 23.9. The largest absolute Gasteiger partial charge is 0.462 e. The number of nitrogens with zero attached hydrogens (tertiary/aromatic N) is 1. The Morgan fingerprint density at radius 3 is 2.58 bits per heavy atom. The molecule has 0 spiro atoms. The van der Waals surface area contributed by atoms with Gasteiger partial charge in [0.05, 0.1) is 6.42 Å². The van der Waals surface area contributed by atoms with Crippen molar-refractivity contribution in [3.05, 3.63) is 83.7 Å². The number of esters is 1. The molecule has 40 heavy (non-hydrogen) atoms. The monoisotopic (exact) mass is 538 g/mol. The zero-order chi connectivity index (χ0) is 27.7. The van der Waals surface area contributed by atoms with Crippen molar-refractivity contribution in [3.63, 3.8) is 0 Å². The molecule has 2 aromatic rings. The van der Waals surface area contributed by atoms with Gasteiger partial charge in [0.25, 0.3) is 0 Å². The number of aromatic nitrogens is 1. The van der Waals surface area contributed by atoms with E-state index in [1.807, 2.05) is 42.7 Å². The van der Waals surface area contributed by atoms with Crippen molar-refractivity contribution in [2.45, 2.75) is 84.3 Å². The number of rotatable bonds is 7. The Hall–Kier alpha value is -3.21. The molecule has 0 radical (unpaired) electrons. The highest BCUT2D eigenvalue weighted by atomic mass is 16.5. The Kier molecular flexibility index (Phi) is 7.41.